The van der Waals surface area contributed by atoms with E-state index in [4.69, 9.17) is 4.74 Å². The van der Waals surface area contributed by atoms with Crippen molar-refractivity contribution >= 4 is 17.3 Å². The number of carbonyl (C=O) groups is 1. The number of esters is 1. The van der Waals surface area contributed by atoms with Gasteiger partial charge in [-0.1, -0.05) is 0 Å². The van der Waals surface area contributed by atoms with E-state index in [9.17, 15) is 22.9 Å². The van der Waals surface area contributed by atoms with Crippen molar-refractivity contribution in [2.24, 2.45) is 5.18 Å². The van der Waals surface area contributed by atoms with Gasteiger partial charge in [0.2, 0.25) is 0 Å². The lowest BCUT2D eigenvalue weighted by atomic mass is 10.0. The maximum atomic E-state index is 13.2. The Hall–Kier alpha value is -2.16. The van der Waals surface area contributed by atoms with Crippen molar-refractivity contribution in [1.82, 2.24) is 0 Å². The molecule has 1 aliphatic rings. The van der Waals surface area contributed by atoms with E-state index in [1.54, 1.807) is 0 Å². The van der Waals surface area contributed by atoms with Crippen LogP contribution < -0.4 is 4.90 Å². The zero-order chi connectivity index (χ0) is 16.3. The molecule has 0 atom stereocenters. The molecule has 1 aliphatic heterocycles. The number of rotatable bonds is 3. The lowest BCUT2D eigenvalue weighted by Gasteiger charge is -2.31. The Bertz CT molecular complexity index is 583. The normalized spacial score (nSPS) is 15.5. The van der Waals surface area contributed by atoms with E-state index in [0.29, 0.717) is 6.07 Å². The van der Waals surface area contributed by atoms with Crippen LogP contribution in [-0.2, 0) is 15.7 Å². The van der Waals surface area contributed by atoms with Crippen LogP contribution in [0.5, 0.6) is 0 Å². The highest BCUT2D eigenvalue weighted by Crippen LogP contribution is 2.41. The second kappa shape index (κ2) is 6.30. The third-order valence-electron chi connectivity index (χ3n) is 3.27. The summed E-state index contributed by atoms with van der Waals surface area (Å²) in [6.07, 6.45) is -4.68. The first-order valence-electron chi connectivity index (χ1n) is 6.38. The Labute approximate surface area is 123 Å². The Morgan fingerprint density at radius 2 is 1.95 bits per heavy atom. The Kier molecular flexibility index (Phi) is 4.65. The van der Waals surface area contributed by atoms with E-state index in [-0.39, 0.29) is 37.6 Å². The second-order valence-corrected chi connectivity index (χ2v) is 4.57. The van der Waals surface area contributed by atoms with Crippen molar-refractivity contribution in [3.63, 3.8) is 0 Å². The first-order valence-corrected chi connectivity index (χ1v) is 6.38. The van der Waals surface area contributed by atoms with E-state index in [2.05, 4.69) is 9.91 Å². The summed E-state index contributed by atoms with van der Waals surface area (Å²) >= 11 is 0. The summed E-state index contributed by atoms with van der Waals surface area (Å²) in [5.41, 5.74) is -2.11. The molecule has 0 N–H and O–H groups in total. The molecule has 9 heteroatoms. The number of nitroso groups, excluding NO2 is 1. The van der Waals surface area contributed by atoms with Crippen LogP contribution in [0.1, 0.15) is 15.9 Å². The van der Waals surface area contributed by atoms with E-state index < -0.39 is 23.4 Å². The predicted octanol–water partition coefficient (Wildman–Crippen LogP) is 2.73. The van der Waals surface area contributed by atoms with Crippen LogP contribution in [0.15, 0.2) is 17.3 Å². The molecule has 0 bridgehead atoms. The lowest BCUT2D eigenvalue weighted by Crippen LogP contribution is -2.37. The number of hydrogen-bond acceptors (Lipinski definition) is 6. The fourth-order valence-electron chi connectivity index (χ4n) is 2.22. The smallest absolute Gasteiger partial charge is 0.418 e. The molecule has 6 nitrogen and oxygen atoms in total. The Balaban J connectivity index is 2.60. The molecule has 0 aromatic heterocycles. The van der Waals surface area contributed by atoms with Gasteiger partial charge in [0.1, 0.15) is 5.69 Å². The molecule has 0 unspecified atom stereocenters. The van der Waals surface area contributed by atoms with Gasteiger partial charge >= 0.3 is 12.1 Å². The molecule has 1 aromatic rings. The summed E-state index contributed by atoms with van der Waals surface area (Å²) in [7, 11) is 1.07. The van der Waals surface area contributed by atoms with Crippen LogP contribution in [0.25, 0.3) is 0 Å². The largest absolute Gasteiger partial charge is 0.465 e. The molecule has 22 heavy (non-hydrogen) atoms. The Morgan fingerprint density at radius 3 is 2.45 bits per heavy atom. The van der Waals surface area contributed by atoms with Crippen molar-refractivity contribution < 1.29 is 27.4 Å². The average Bonchev–Trinajstić information content (AvgIpc) is 2.52. The van der Waals surface area contributed by atoms with Crippen LogP contribution in [0, 0.1) is 4.91 Å². The molecule has 1 fully saturated rings. The van der Waals surface area contributed by atoms with E-state index >= 15 is 0 Å². The van der Waals surface area contributed by atoms with Gasteiger partial charge in [0.15, 0.2) is 0 Å². The molecule has 0 aliphatic carbocycles. The third kappa shape index (κ3) is 3.19. The number of morpholine rings is 1. The number of nitrogens with zero attached hydrogens (tertiary/aromatic N) is 2. The zero-order valence-corrected chi connectivity index (χ0v) is 11.6. The molecular formula is C13H13F3N2O4. The average molecular weight is 318 g/mol. The number of halogens is 3. The van der Waals surface area contributed by atoms with E-state index in [1.807, 2.05) is 0 Å². The number of hydrogen-bond donors (Lipinski definition) is 0. The van der Waals surface area contributed by atoms with Crippen molar-refractivity contribution in [2.45, 2.75) is 6.18 Å². The van der Waals surface area contributed by atoms with Gasteiger partial charge in [0.05, 0.1) is 37.1 Å². The van der Waals surface area contributed by atoms with Gasteiger partial charge in [-0.15, -0.1) is 4.91 Å². The highest BCUT2D eigenvalue weighted by molar-refractivity contribution is 5.96. The summed E-state index contributed by atoms with van der Waals surface area (Å²) in [6.45, 7) is 1.05. The quantitative estimate of drug-likeness (QED) is 0.633. The maximum Gasteiger partial charge on any atom is 0.418 e. The summed E-state index contributed by atoms with van der Waals surface area (Å²) in [4.78, 5) is 23.9. The van der Waals surface area contributed by atoms with Crippen LogP contribution in [0.3, 0.4) is 0 Å². The van der Waals surface area contributed by atoms with E-state index in [1.165, 1.54) is 4.90 Å². The summed E-state index contributed by atoms with van der Waals surface area (Å²) in [6, 6.07) is 1.57. The summed E-state index contributed by atoms with van der Waals surface area (Å²) in [5, 5.41) is 2.51. The third-order valence-corrected chi connectivity index (χ3v) is 3.27. The fourth-order valence-corrected chi connectivity index (χ4v) is 2.22. The van der Waals surface area contributed by atoms with Gasteiger partial charge in [0.25, 0.3) is 0 Å². The predicted molar refractivity (Wildman–Crippen MR) is 71.3 cm³/mol. The van der Waals surface area contributed by atoms with Gasteiger partial charge in [0, 0.05) is 13.1 Å². The zero-order valence-electron chi connectivity index (χ0n) is 11.6. The van der Waals surface area contributed by atoms with Crippen molar-refractivity contribution in [3.8, 4) is 0 Å². The minimum Gasteiger partial charge on any atom is -0.465 e. The SMILES string of the molecule is COC(=O)c1cc(N2CCOCC2)c(C(F)(F)F)cc1N=O. The van der Waals surface area contributed by atoms with Crippen LogP contribution >= 0.6 is 0 Å². The fraction of sp³-hybridized carbons (Fsp3) is 0.462. The van der Waals surface area contributed by atoms with Gasteiger partial charge < -0.3 is 14.4 Å². The first-order chi connectivity index (χ1) is 10.4. The topological polar surface area (TPSA) is 68.2 Å². The van der Waals surface area contributed by atoms with E-state index in [0.717, 1.165) is 13.2 Å². The maximum absolute atomic E-state index is 13.2. The molecule has 1 aromatic carbocycles. The first kappa shape index (κ1) is 16.2. The molecule has 1 saturated heterocycles. The number of methoxy groups -OCH3 is 1. The minimum absolute atomic E-state index is 0.191. The Morgan fingerprint density at radius 1 is 1.32 bits per heavy atom. The van der Waals surface area contributed by atoms with Crippen molar-refractivity contribution in [1.29, 1.82) is 0 Å². The lowest BCUT2D eigenvalue weighted by molar-refractivity contribution is -0.137. The highest BCUT2D eigenvalue weighted by Gasteiger charge is 2.37. The van der Waals surface area contributed by atoms with Crippen LogP contribution in [0.2, 0.25) is 0 Å². The second-order valence-electron chi connectivity index (χ2n) is 4.57. The molecule has 120 valence electrons. The minimum atomic E-state index is -4.68. The number of anilines is 1. The molecule has 0 amide bonds. The van der Waals surface area contributed by atoms with Gasteiger partial charge in [-0.3, -0.25) is 0 Å². The van der Waals surface area contributed by atoms with Gasteiger partial charge in [-0.2, -0.15) is 13.2 Å². The number of benzene rings is 1. The standard InChI is InChI=1S/C13H13F3N2O4/c1-21-12(19)8-6-11(18-2-4-22-5-3-18)9(13(14,15)16)7-10(8)17-20/h6-7H,2-5H2,1H3. The number of alkyl halides is 3. The summed E-state index contributed by atoms with van der Waals surface area (Å²) < 4.78 is 49.2. The molecule has 0 saturated carbocycles. The van der Waals surface area contributed by atoms with Crippen molar-refractivity contribution in [3.05, 3.63) is 28.2 Å². The highest BCUT2D eigenvalue weighted by atomic mass is 19.4. The molecular weight excluding hydrogens is 305 g/mol. The van der Waals surface area contributed by atoms with Crippen LogP contribution in [0.4, 0.5) is 24.5 Å². The van der Waals surface area contributed by atoms with Crippen LogP contribution in [-0.4, -0.2) is 39.4 Å². The molecule has 2 rings (SSSR count). The molecule has 1 heterocycles. The molecule has 0 spiro atoms. The van der Waals surface area contributed by atoms with Crippen molar-refractivity contribution in [2.75, 3.05) is 38.3 Å². The summed E-state index contributed by atoms with van der Waals surface area (Å²) in [5.74, 6) is -0.919. The van der Waals surface area contributed by atoms with Gasteiger partial charge in [-0.25, -0.2) is 4.79 Å². The monoisotopic (exact) mass is 318 g/mol. The molecule has 0 radical (unpaired) electrons. The number of carbonyl (C=O) groups excluding carboxylic acids is 1. The number of ether oxygens (including phenoxy) is 2. The van der Waals surface area contributed by atoms with Gasteiger partial charge in [-0.05, 0) is 17.3 Å².